The number of nitrogens with two attached hydrogens (primary N) is 1. The van der Waals surface area contributed by atoms with Gasteiger partial charge in [-0.25, -0.2) is 0 Å². The second kappa shape index (κ2) is 3.81. The van der Waals surface area contributed by atoms with Crippen molar-refractivity contribution in [2.75, 3.05) is 6.54 Å². The van der Waals surface area contributed by atoms with E-state index in [4.69, 9.17) is 5.73 Å². The minimum absolute atomic E-state index is 0.0977. The summed E-state index contributed by atoms with van der Waals surface area (Å²) >= 11 is 0. The molecule has 3 nitrogen and oxygen atoms in total. The minimum atomic E-state index is -0.0977. The predicted molar refractivity (Wildman–Crippen MR) is 67.3 cm³/mol. The van der Waals surface area contributed by atoms with Gasteiger partial charge in [-0.2, -0.15) is 0 Å². The summed E-state index contributed by atoms with van der Waals surface area (Å²) in [6, 6.07) is 10.8. The lowest BCUT2D eigenvalue weighted by molar-refractivity contribution is 0.185. The van der Waals surface area contributed by atoms with Gasteiger partial charge in [0.15, 0.2) is 5.96 Å². The molecule has 1 aromatic carbocycles. The number of nitrogens with zero attached hydrogens (tertiary/aromatic N) is 2. The van der Waals surface area contributed by atoms with Crippen molar-refractivity contribution in [2.24, 2.45) is 10.7 Å². The maximum atomic E-state index is 5.97. The number of guanidine groups is 1. The molecule has 2 N–H and O–H groups in total. The Hall–Kier alpha value is -1.51. The van der Waals surface area contributed by atoms with Gasteiger partial charge >= 0.3 is 0 Å². The molecule has 0 bridgehead atoms. The van der Waals surface area contributed by atoms with Crippen molar-refractivity contribution in [3.63, 3.8) is 0 Å². The zero-order valence-electron chi connectivity index (χ0n) is 10.1. The third-order valence-corrected chi connectivity index (χ3v) is 3.24. The van der Waals surface area contributed by atoms with Crippen LogP contribution in [0.3, 0.4) is 0 Å². The van der Waals surface area contributed by atoms with Crippen LogP contribution in [0.25, 0.3) is 0 Å². The Morgan fingerprint density at radius 1 is 1.31 bits per heavy atom. The minimum Gasteiger partial charge on any atom is -0.370 e. The molecule has 0 radical (unpaired) electrons. The normalized spacial score (nSPS) is 25.0. The van der Waals surface area contributed by atoms with Gasteiger partial charge in [-0.15, -0.1) is 0 Å². The van der Waals surface area contributed by atoms with Crippen molar-refractivity contribution < 1.29 is 0 Å². The van der Waals surface area contributed by atoms with E-state index in [9.17, 15) is 0 Å². The van der Waals surface area contributed by atoms with E-state index in [1.165, 1.54) is 5.56 Å². The largest absolute Gasteiger partial charge is 0.370 e. The van der Waals surface area contributed by atoms with Crippen molar-refractivity contribution in [2.45, 2.75) is 32.4 Å². The molecule has 0 aromatic heterocycles. The fraction of sp³-hybridized carbons (Fsp3) is 0.462. The monoisotopic (exact) mass is 217 g/mol. The van der Waals surface area contributed by atoms with Crippen LogP contribution < -0.4 is 5.73 Å². The first-order valence-electron chi connectivity index (χ1n) is 5.70. The van der Waals surface area contributed by atoms with Gasteiger partial charge in [0, 0.05) is 6.04 Å². The molecule has 0 spiro atoms. The average Bonchev–Trinajstić information content (AvgIpc) is 2.57. The Morgan fingerprint density at radius 2 is 1.94 bits per heavy atom. The van der Waals surface area contributed by atoms with Crippen LogP contribution in [0, 0.1) is 0 Å². The molecule has 1 heterocycles. The molecule has 3 heteroatoms. The van der Waals surface area contributed by atoms with E-state index >= 15 is 0 Å². The molecular weight excluding hydrogens is 198 g/mol. The molecule has 1 aliphatic rings. The van der Waals surface area contributed by atoms with Crippen LogP contribution in [0.4, 0.5) is 0 Å². The lowest BCUT2D eigenvalue weighted by atomic mass is 9.90. The van der Waals surface area contributed by atoms with Crippen LogP contribution in [0.15, 0.2) is 35.3 Å². The molecule has 86 valence electrons. The van der Waals surface area contributed by atoms with Crippen LogP contribution in [0.2, 0.25) is 0 Å². The first kappa shape index (κ1) is 11.0. The van der Waals surface area contributed by atoms with Crippen LogP contribution in [0.5, 0.6) is 0 Å². The Balaban J connectivity index is 2.40. The van der Waals surface area contributed by atoms with E-state index in [0.717, 1.165) is 6.54 Å². The molecule has 0 saturated carbocycles. The van der Waals surface area contributed by atoms with Gasteiger partial charge in [-0.05, 0) is 26.3 Å². The molecule has 2 rings (SSSR count). The molecule has 1 aliphatic heterocycles. The number of hydrogen-bond donors (Lipinski definition) is 1. The van der Waals surface area contributed by atoms with Gasteiger partial charge in [0.25, 0.3) is 0 Å². The van der Waals surface area contributed by atoms with Gasteiger partial charge in [-0.1, -0.05) is 30.3 Å². The molecule has 0 saturated heterocycles. The molecule has 0 fully saturated rings. The summed E-state index contributed by atoms with van der Waals surface area (Å²) in [5.41, 5.74) is 7.14. The van der Waals surface area contributed by atoms with Gasteiger partial charge in [0.1, 0.15) is 0 Å². The number of rotatable bonds is 2. The second-order valence-electron chi connectivity index (χ2n) is 4.78. The zero-order chi connectivity index (χ0) is 11.8. The second-order valence-corrected chi connectivity index (χ2v) is 4.78. The Morgan fingerprint density at radius 3 is 2.50 bits per heavy atom. The van der Waals surface area contributed by atoms with E-state index in [1.807, 2.05) is 6.07 Å². The highest BCUT2D eigenvalue weighted by molar-refractivity contribution is 5.81. The summed E-state index contributed by atoms with van der Waals surface area (Å²) < 4.78 is 0. The third-order valence-electron chi connectivity index (χ3n) is 3.24. The first-order chi connectivity index (χ1) is 7.55. The van der Waals surface area contributed by atoms with E-state index in [1.54, 1.807) is 0 Å². The average molecular weight is 217 g/mol. The van der Waals surface area contributed by atoms with Crippen molar-refractivity contribution >= 4 is 5.96 Å². The Labute approximate surface area is 97.0 Å². The van der Waals surface area contributed by atoms with Crippen LogP contribution in [-0.4, -0.2) is 23.4 Å². The van der Waals surface area contributed by atoms with Crippen LogP contribution in [-0.2, 0) is 5.54 Å². The SMILES string of the molecule is CC(C)N1C(N)=NCC1(C)c1ccccc1. The molecule has 16 heavy (non-hydrogen) atoms. The van der Waals surface area contributed by atoms with E-state index in [0.29, 0.717) is 12.0 Å². The summed E-state index contributed by atoms with van der Waals surface area (Å²) in [5.74, 6) is 0.654. The van der Waals surface area contributed by atoms with Gasteiger partial charge in [-0.3, -0.25) is 4.99 Å². The van der Waals surface area contributed by atoms with E-state index in [-0.39, 0.29) is 5.54 Å². The highest BCUT2D eigenvalue weighted by atomic mass is 15.4. The topological polar surface area (TPSA) is 41.6 Å². The number of benzene rings is 1. The smallest absolute Gasteiger partial charge is 0.192 e. The maximum absolute atomic E-state index is 5.97. The zero-order valence-corrected chi connectivity index (χ0v) is 10.1. The van der Waals surface area contributed by atoms with Crippen LogP contribution >= 0.6 is 0 Å². The van der Waals surface area contributed by atoms with Crippen molar-refractivity contribution in [3.05, 3.63) is 35.9 Å². The summed E-state index contributed by atoms with van der Waals surface area (Å²) in [5, 5.41) is 0. The van der Waals surface area contributed by atoms with Gasteiger partial charge < -0.3 is 10.6 Å². The van der Waals surface area contributed by atoms with Gasteiger partial charge in [0.2, 0.25) is 0 Å². The fourth-order valence-electron chi connectivity index (χ4n) is 2.50. The Bertz CT molecular complexity index is 397. The van der Waals surface area contributed by atoms with Crippen molar-refractivity contribution in [1.82, 2.24) is 4.90 Å². The van der Waals surface area contributed by atoms with Crippen molar-refractivity contribution in [1.29, 1.82) is 0 Å². The molecule has 1 aromatic rings. The standard InChI is InChI=1S/C13H19N3/c1-10(2)16-12(14)15-9-13(16,3)11-7-5-4-6-8-11/h4-8,10H,9H2,1-3H3,(H2,14,15). The molecular formula is C13H19N3. The summed E-state index contributed by atoms with van der Waals surface area (Å²) in [4.78, 5) is 6.59. The number of aliphatic imine (C=N–C) groups is 1. The van der Waals surface area contributed by atoms with Gasteiger partial charge in [0.05, 0.1) is 12.1 Å². The summed E-state index contributed by atoms with van der Waals surface area (Å²) in [7, 11) is 0. The highest BCUT2D eigenvalue weighted by Crippen LogP contribution is 2.33. The van der Waals surface area contributed by atoms with E-state index in [2.05, 4.69) is 54.9 Å². The third kappa shape index (κ3) is 1.56. The maximum Gasteiger partial charge on any atom is 0.192 e. The fourth-order valence-corrected chi connectivity index (χ4v) is 2.50. The highest BCUT2D eigenvalue weighted by Gasteiger charge is 2.40. The molecule has 1 unspecified atom stereocenters. The lowest BCUT2D eigenvalue weighted by Crippen LogP contribution is -2.50. The number of hydrogen-bond acceptors (Lipinski definition) is 3. The van der Waals surface area contributed by atoms with Crippen molar-refractivity contribution in [3.8, 4) is 0 Å². The first-order valence-corrected chi connectivity index (χ1v) is 5.70. The summed E-state index contributed by atoms with van der Waals surface area (Å²) in [6.07, 6.45) is 0. The molecule has 0 amide bonds. The predicted octanol–water partition coefficient (Wildman–Crippen LogP) is 1.94. The van der Waals surface area contributed by atoms with Crippen LogP contribution in [0.1, 0.15) is 26.3 Å². The molecule has 0 aliphatic carbocycles. The quantitative estimate of drug-likeness (QED) is 0.822. The van der Waals surface area contributed by atoms with E-state index < -0.39 is 0 Å². The summed E-state index contributed by atoms with van der Waals surface area (Å²) in [6.45, 7) is 7.23. The lowest BCUT2D eigenvalue weighted by Gasteiger charge is -2.39. The Kier molecular flexibility index (Phi) is 2.62. The molecule has 1 atom stereocenters.